The van der Waals surface area contributed by atoms with Gasteiger partial charge in [-0.05, 0) is 18.2 Å². The summed E-state index contributed by atoms with van der Waals surface area (Å²) < 4.78 is 32.6. The Morgan fingerprint density at radius 2 is 1.79 bits per heavy atom. The third kappa shape index (κ3) is 2.40. The van der Waals surface area contributed by atoms with Gasteiger partial charge >= 0.3 is 5.97 Å². The second-order valence-electron chi connectivity index (χ2n) is 3.82. The number of aromatic carboxylic acids is 1. The highest BCUT2D eigenvalue weighted by atomic mass is 19.1. The molecule has 0 heterocycles. The van der Waals surface area contributed by atoms with Gasteiger partial charge in [0, 0.05) is 11.1 Å². The van der Waals surface area contributed by atoms with Crippen molar-refractivity contribution < 1.29 is 23.4 Å². The van der Waals surface area contributed by atoms with E-state index in [9.17, 15) is 13.6 Å². The molecule has 0 fully saturated rings. The van der Waals surface area contributed by atoms with Crippen LogP contribution in [0.5, 0.6) is 5.75 Å². The highest BCUT2D eigenvalue weighted by Crippen LogP contribution is 2.32. The van der Waals surface area contributed by atoms with E-state index in [2.05, 4.69) is 0 Å². The van der Waals surface area contributed by atoms with Crippen molar-refractivity contribution >= 4 is 5.97 Å². The average Bonchev–Trinajstić information content (AvgIpc) is 2.40. The van der Waals surface area contributed by atoms with Crippen molar-refractivity contribution in [3.63, 3.8) is 0 Å². The van der Waals surface area contributed by atoms with Gasteiger partial charge in [0.25, 0.3) is 0 Å². The summed E-state index contributed by atoms with van der Waals surface area (Å²) >= 11 is 0. The molecular weight excluding hydrogens is 254 g/mol. The highest BCUT2D eigenvalue weighted by Gasteiger charge is 2.17. The molecule has 0 saturated heterocycles. The second-order valence-corrected chi connectivity index (χ2v) is 3.82. The van der Waals surface area contributed by atoms with Crippen molar-refractivity contribution in [1.29, 1.82) is 0 Å². The predicted molar refractivity (Wildman–Crippen MR) is 65.3 cm³/mol. The predicted octanol–water partition coefficient (Wildman–Crippen LogP) is 3.34. The third-order valence-corrected chi connectivity index (χ3v) is 2.68. The van der Waals surface area contributed by atoms with E-state index in [1.807, 2.05) is 0 Å². The molecule has 98 valence electrons. The quantitative estimate of drug-likeness (QED) is 0.924. The summed E-state index contributed by atoms with van der Waals surface area (Å²) in [4.78, 5) is 10.7. The van der Waals surface area contributed by atoms with E-state index in [0.29, 0.717) is 17.4 Å². The molecular formula is C14H10F2O3. The van der Waals surface area contributed by atoms with Gasteiger partial charge in [-0.15, -0.1) is 0 Å². The van der Waals surface area contributed by atoms with E-state index in [4.69, 9.17) is 9.84 Å². The van der Waals surface area contributed by atoms with Crippen LogP contribution in [0.25, 0.3) is 11.1 Å². The molecule has 2 aromatic rings. The summed E-state index contributed by atoms with van der Waals surface area (Å²) in [5.41, 5.74) is -0.380. The molecule has 0 aliphatic carbocycles. The van der Waals surface area contributed by atoms with Crippen molar-refractivity contribution in [2.75, 3.05) is 7.11 Å². The van der Waals surface area contributed by atoms with Crippen molar-refractivity contribution in [2.24, 2.45) is 0 Å². The third-order valence-electron chi connectivity index (χ3n) is 2.68. The number of benzene rings is 2. The number of hydrogen-bond donors (Lipinski definition) is 1. The largest absolute Gasteiger partial charge is 0.496 e. The smallest absolute Gasteiger partial charge is 0.338 e. The van der Waals surface area contributed by atoms with Gasteiger partial charge in [-0.25, -0.2) is 13.6 Å². The zero-order valence-corrected chi connectivity index (χ0v) is 9.98. The first-order valence-electron chi connectivity index (χ1n) is 5.40. The fourth-order valence-corrected chi connectivity index (χ4v) is 1.78. The minimum absolute atomic E-state index is 0.0417. The fraction of sp³-hybridized carbons (Fsp3) is 0.0714. The van der Waals surface area contributed by atoms with Crippen molar-refractivity contribution in [1.82, 2.24) is 0 Å². The van der Waals surface area contributed by atoms with Gasteiger partial charge in [0.2, 0.25) is 0 Å². The first-order chi connectivity index (χ1) is 9.04. The molecule has 2 aromatic carbocycles. The summed E-state index contributed by atoms with van der Waals surface area (Å²) in [5, 5.41) is 8.72. The van der Waals surface area contributed by atoms with Crippen LogP contribution in [0.4, 0.5) is 8.78 Å². The molecule has 0 saturated carbocycles. The maximum atomic E-state index is 13.9. The average molecular weight is 264 g/mol. The lowest BCUT2D eigenvalue weighted by atomic mass is 10.0. The summed E-state index contributed by atoms with van der Waals surface area (Å²) in [6.07, 6.45) is 0. The molecule has 3 nitrogen and oxygen atoms in total. The van der Waals surface area contributed by atoms with E-state index in [1.165, 1.54) is 7.11 Å². The van der Waals surface area contributed by atoms with E-state index in [0.717, 1.165) is 6.07 Å². The van der Waals surface area contributed by atoms with Crippen LogP contribution in [0.15, 0.2) is 36.4 Å². The standard InChI is InChI=1S/C14H10F2O3/c1-19-13-5-3-2-4-8(13)9-6-12(16)10(14(17)18)7-11(9)15/h2-7H,1H3,(H,17,18). The van der Waals surface area contributed by atoms with Gasteiger partial charge in [-0.1, -0.05) is 18.2 Å². The number of carbonyl (C=O) groups is 1. The number of ether oxygens (including phenoxy) is 1. The number of halogens is 2. The van der Waals surface area contributed by atoms with Gasteiger partial charge in [-0.3, -0.25) is 0 Å². The molecule has 2 rings (SSSR count). The zero-order chi connectivity index (χ0) is 14.0. The lowest BCUT2D eigenvalue weighted by Crippen LogP contribution is -2.02. The summed E-state index contributed by atoms with van der Waals surface area (Å²) in [6, 6.07) is 8.05. The van der Waals surface area contributed by atoms with Crippen LogP contribution in [-0.2, 0) is 0 Å². The Morgan fingerprint density at radius 3 is 2.42 bits per heavy atom. The second kappa shape index (κ2) is 5.06. The number of carboxylic acids is 1. The lowest BCUT2D eigenvalue weighted by Gasteiger charge is -2.10. The zero-order valence-electron chi connectivity index (χ0n) is 9.98. The van der Waals surface area contributed by atoms with Gasteiger partial charge in [0.1, 0.15) is 17.4 Å². The molecule has 0 bridgehead atoms. The van der Waals surface area contributed by atoms with Crippen LogP contribution >= 0.6 is 0 Å². The normalized spacial score (nSPS) is 10.3. The molecule has 0 amide bonds. The fourth-order valence-electron chi connectivity index (χ4n) is 1.78. The van der Waals surface area contributed by atoms with Crippen LogP contribution in [0.1, 0.15) is 10.4 Å². The number of methoxy groups -OCH3 is 1. The van der Waals surface area contributed by atoms with E-state index >= 15 is 0 Å². The summed E-state index contributed by atoms with van der Waals surface area (Å²) in [5.74, 6) is -2.94. The van der Waals surface area contributed by atoms with E-state index in [1.54, 1.807) is 24.3 Å². The number of para-hydroxylation sites is 1. The molecule has 0 atom stereocenters. The molecule has 0 aliphatic heterocycles. The number of carboxylic acid groups (broad SMARTS) is 1. The molecule has 0 radical (unpaired) electrons. The Kier molecular flexibility index (Phi) is 3.46. The molecule has 0 aromatic heterocycles. The van der Waals surface area contributed by atoms with Gasteiger partial charge < -0.3 is 9.84 Å². The van der Waals surface area contributed by atoms with E-state index < -0.39 is 23.2 Å². The highest BCUT2D eigenvalue weighted by molar-refractivity contribution is 5.89. The van der Waals surface area contributed by atoms with Crippen molar-refractivity contribution in [3.05, 3.63) is 53.6 Å². The molecule has 5 heteroatoms. The minimum atomic E-state index is -1.51. The topological polar surface area (TPSA) is 46.5 Å². The Hall–Kier alpha value is -2.43. The monoisotopic (exact) mass is 264 g/mol. The van der Waals surface area contributed by atoms with E-state index in [-0.39, 0.29) is 5.56 Å². The summed E-state index contributed by atoms with van der Waals surface area (Å²) in [6.45, 7) is 0. The van der Waals surface area contributed by atoms with Gasteiger partial charge in [0.05, 0.1) is 12.7 Å². The Balaban J connectivity index is 2.64. The SMILES string of the molecule is COc1ccccc1-c1cc(F)c(C(=O)O)cc1F. The Labute approximate surface area is 108 Å². The van der Waals surface area contributed by atoms with Crippen LogP contribution in [-0.4, -0.2) is 18.2 Å². The number of rotatable bonds is 3. The number of hydrogen-bond acceptors (Lipinski definition) is 2. The van der Waals surface area contributed by atoms with Crippen molar-refractivity contribution in [2.45, 2.75) is 0 Å². The van der Waals surface area contributed by atoms with Crippen LogP contribution in [0.3, 0.4) is 0 Å². The lowest BCUT2D eigenvalue weighted by molar-refractivity contribution is 0.0691. The first kappa shape index (κ1) is 13.0. The maximum Gasteiger partial charge on any atom is 0.338 e. The van der Waals surface area contributed by atoms with Crippen LogP contribution in [0, 0.1) is 11.6 Å². The minimum Gasteiger partial charge on any atom is -0.496 e. The molecule has 0 unspecified atom stereocenters. The molecule has 19 heavy (non-hydrogen) atoms. The van der Waals surface area contributed by atoms with Crippen LogP contribution in [0.2, 0.25) is 0 Å². The molecule has 1 N–H and O–H groups in total. The summed E-state index contributed by atoms with van der Waals surface area (Å²) in [7, 11) is 1.42. The van der Waals surface area contributed by atoms with Crippen LogP contribution < -0.4 is 4.74 Å². The molecule has 0 aliphatic rings. The Morgan fingerprint density at radius 1 is 1.11 bits per heavy atom. The van der Waals surface area contributed by atoms with Crippen molar-refractivity contribution in [3.8, 4) is 16.9 Å². The van der Waals surface area contributed by atoms with Gasteiger partial charge in [0.15, 0.2) is 0 Å². The van der Waals surface area contributed by atoms with Gasteiger partial charge in [-0.2, -0.15) is 0 Å². The molecule has 0 spiro atoms. The maximum absolute atomic E-state index is 13.9. The first-order valence-corrected chi connectivity index (χ1v) is 5.40. The Bertz CT molecular complexity index is 639.